The third kappa shape index (κ3) is 2.45. The van der Waals surface area contributed by atoms with Crippen LogP contribution >= 0.6 is 15.9 Å². The maximum atomic E-state index is 5.95. The molecule has 0 saturated carbocycles. The summed E-state index contributed by atoms with van der Waals surface area (Å²) in [5, 5.41) is 0. The molecule has 2 aromatic rings. The lowest BCUT2D eigenvalue weighted by atomic mass is 10.1. The molecule has 0 fully saturated rings. The Labute approximate surface area is 109 Å². The number of rotatable bonds is 3. The lowest BCUT2D eigenvalue weighted by molar-refractivity contribution is 0.00947. The van der Waals surface area contributed by atoms with E-state index in [2.05, 4.69) is 20.9 Å². The molecule has 0 unspecified atom stereocenters. The summed E-state index contributed by atoms with van der Waals surface area (Å²) < 4.78 is 8.40. The Morgan fingerprint density at radius 3 is 2.82 bits per heavy atom. The summed E-state index contributed by atoms with van der Waals surface area (Å²) in [6.07, 6.45) is 0. The molecule has 0 aliphatic rings. The second-order valence-corrected chi connectivity index (χ2v) is 5.57. The largest absolute Gasteiger partial charge is 0.377 e. The molecule has 0 bridgehead atoms. The first-order chi connectivity index (χ1) is 7.93. The first-order valence-corrected chi connectivity index (χ1v) is 6.19. The quantitative estimate of drug-likeness (QED) is 0.948. The van der Waals surface area contributed by atoms with Gasteiger partial charge in [0.25, 0.3) is 0 Å². The van der Waals surface area contributed by atoms with Crippen LogP contribution in [0.15, 0.2) is 22.7 Å². The smallest absolute Gasteiger partial charge is 0.201 e. The Balaban J connectivity index is 2.50. The van der Waals surface area contributed by atoms with Gasteiger partial charge in [-0.25, -0.2) is 4.98 Å². The first-order valence-electron chi connectivity index (χ1n) is 5.39. The molecule has 1 heterocycles. The van der Waals surface area contributed by atoms with E-state index in [0.29, 0.717) is 12.5 Å². The highest BCUT2D eigenvalue weighted by Crippen LogP contribution is 2.24. The number of nitrogens with two attached hydrogens (primary N) is 1. The van der Waals surface area contributed by atoms with E-state index in [9.17, 15) is 0 Å². The maximum absolute atomic E-state index is 5.95. The van der Waals surface area contributed by atoms with Crippen LogP contribution in [0.2, 0.25) is 0 Å². The highest BCUT2D eigenvalue weighted by molar-refractivity contribution is 9.10. The summed E-state index contributed by atoms with van der Waals surface area (Å²) in [5.41, 5.74) is 7.59. The molecule has 5 heteroatoms. The molecule has 0 amide bonds. The van der Waals surface area contributed by atoms with Crippen LogP contribution in [0.5, 0.6) is 0 Å². The van der Waals surface area contributed by atoms with E-state index in [1.54, 1.807) is 7.11 Å². The van der Waals surface area contributed by atoms with Crippen molar-refractivity contribution in [3.63, 3.8) is 0 Å². The van der Waals surface area contributed by atoms with Crippen molar-refractivity contribution < 1.29 is 4.74 Å². The van der Waals surface area contributed by atoms with Crippen LogP contribution < -0.4 is 5.73 Å². The molecule has 2 rings (SSSR count). The Morgan fingerprint density at radius 2 is 2.18 bits per heavy atom. The summed E-state index contributed by atoms with van der Waals surface area (Å²) in [6, 6.07) is 5.95. The van der Waals surface area contributed by atoms with Crippen molar-refractivity contribution in [2.24, 2.45) is 0 Å². The zero-order valence-corrected chi connectivity index (χ0v) is 11.8. The van der Waals surface area contributed by atoms with Gasteiger partial charge in [-0.1, -0.05) is 15.9 Å². The van der Waals surface area contributed by atoms with Crippen LogP contribution in [0, 0.1) is 0 Å². The molecular weight excluding hydrogens is 282 g/mol. The molecule has 0 atom stereocenters. The van der Waals surface area contributed by atoms with E-state index in [1.165, 1.54) is 0 Å². The van der Waals surface area contributed by atoms with Crippen molar-refractivity contribution in [3.8, 4) is 0 Å². The normalized spacial score (nSPS) is 12.2. The Hall–Kier alpha value is -1.07. The van der Waals surface area contributed by atoms with Gasteiger partial charge in [0.15, 0.2) is 0 Å². The summed E-state index contributed by atoms with van der Waals surface area (Å²) in [7, 11) is 1.70. The van der Waals surface area contributed by atoms with Gasteiger partial charge in [0.1, 0.15) is 0 Å². The zero-order valence-electron chi connectivity index (χ0n) is 10.2. The van der Waals surface area contributed by atoms with Crippen molar-refractivity contribution in [3.05, 3.63) is 22.7 Å². The summed E-state index contributed by atoms with van der Waals surface area (Å²) in [6.45, 7) is 4.72. The average molecular weight is 298 g/mol. The molecule has 0 aliphatic carbocycles. The van der Waals surface area contributed by atoms with Gasteiger partial charge in [-0.2, -0.15) is 0 Å². The van der Waals surface area contributed by atoms with Crippen LogP contribution in [0.25, 0.3) is 11.0 Å². The van der Waals surface area contributed by atoms with Crippen LogP contribution in [-0.2, 0) is 11.3 Å². The molecule has 2 N–H and O–H groups in total. The van der Waals surface area contributed by atoms with Gasteiger partial charge in [0.2, 0.25) is 5.95 Å². The Bertz CT molecular complexity index is 548. The van der Waals surface area contributed by atoms with E-state index in [1.807, 2.05) is 36.6 Å². The van der Waals surface area contributed by atoms with E-state index in [-0.39, 0.29) is 5.60 Å². The molecule has 17 heavy (non-hydrogen) atoms. The van der Waals surface area contributed by atoms with Gasteiger partial charge in [-0.15, -0.1) is 0 Å². The number of nitrogen functional groups attached to an aromatic ring is 1. The topological polar surface area (TPSA) is 53.1 Å². The van der Waals surface area contributed by atoms with Crippen LogP contribution in [-0.4, -0.2) is 22.3 Å². The predicted octanol–water partition coefficient (Wildman–Crippen LogP) is 2.81. The van der Waals surface area contributed by atoms with Crippen LogP contribution in [0.4, 0.5) is 5.95 Å². The lowest BCUT2D eigenvalue weighted by Gasteiger charge is -2.24. The standard InChI is InChI=1S/C12H16BrN3O/c1-12(2,17-3)7-16-10-5-4-8(13)6-9(10)15-11(16)14/h4-6H,7H2,1-3H3,(H2,14,15). The minimum Gasteiger partial charge on any atom is -0.377 e. The van der Waals surface area contributed by atoms with Crippen molar-refractivity contribution in [2.45, 2.75) is 26.0 Å². The number of hydrogen-bond acceptors (Lipinski definition) is 3. The highest BCUT2D eigenvalue weighted by atomic mass is 79.9. The predicted molar refractivity (Wildman–Crippen MR) is 72.9 cm³/mol. The fourth-order valence-electron chi connectivity index (χ4n) is 1.73. The van der Waals surface area contributed by atoms with Crippen molar-refractivity contribution in [1.82, 2.24) is 9.55 Å². The van der Waals surface area contributed by atoms with E-state index < -0.39 is 0 Å². The number of halogens is 1. The van der Waals surface area contributed by atoms with Crippen molar-refractivity contribution in [2.75, 3.05) is 12.8 Å². The van der Waals surface area contributed by atoms with Crippen LogP contribution in [0.1, 0.15) is 13.8 Å². The average Bonchev–Trinajstić information content (AvgIpc) is 2.54. The molecule has 0 saturated heterocycles. The molecule has 92 valence electrons. The zero-order chi connectivity index (χ0) is 12.6. The van der Waals surface area contributed by atoms with Gasteiger partial charge >= 0.3 is 0 Å². The van der Waals surface area contributed by atoms with Crippen molar-refractivity contribution in [1.29, 1.82) is 0 Å². The second kappa shape index (κ2) is 4.31. The molecular formula is C12H16BrN3O. The second-order valence-electron chi connectivity index (χ2n) is 4.65. The first kappa shape index (κ1) is 12.4. The summed E-state index contributed by atoms with van der Waals surface area (Å²) in [4.78, 5) is 4.35. The number of benzene rings is 1. The molecule has 0 aliphatic heterocycles. The fraction of sp³-hybridized carbons (Fsp3) is 0.417. The monoisotopic (exact) mass is 297 g/mol. The lowest BCUT2D eigenvalue weighted by Crippen LogP contribution is -2.29. The highest BCUT2D eigenvalue weighted by Gasteiger charge is 2.20. The summed E-state index contributed by atoms with van der Waals surface area (Å²) in [5.74, 6) is 0.517. The number of nitrogens with zero attached hydrogens (tertiary/aromatic N) is 2. The van der Waals surface area contributed by atoms with E-state index in [4.69, 9.17) is 10.5 Å². The number of ether oxygens (including phenoxy) is 1. The molecule has 4 nitrogen and oxygen atoms in total. The van der Waals surface area contributed by atoms with Gasteiger partial charge < -0.3 is 15.0 Å². The van der Waals surface area contributed by atoms with Gasteiger partial charge in [0, 0.05) is 11.6 Å². The van der Waals surface area contributed by atoms with Gasteiger partial charge in [0.05, 0.1) is 23.2 Å². The summed E-state index contributed by atoms with van der Waals surface area (Å²) >= 11 is 3.43. The number of imidazole rings is 1. The Kier molecular flexibility index (Phi) is 3.14. The van der Waals surface area contributed by atoms with Crippen LogP contribution in [0.3, 0.4) is 0 Å². The Morgan fingerprint density at radius 1 is 1.47 bits per heavy atom. The number of fused-ring (bicyclic) bond motifs is 1. The van der Waals surface area contributed by atoms with Crippen molar-refractivity contribution >= 4 is 32.9 Å². The number of anilines is 1. The third-order valence-electron chi connectivity index (χ3n) is 2.83. The molecule has 1 aromatic heterocycles. The van der Waals surface area contributed by atoms with Gasteiger partial charge in [-0.05, 0) is 32.0 Å². The fourth-order valence-corrected chi connectivity index (χ4v) is 2.08. The SMILES string of the molecule is COC(C)(C)Cn1c(N)nc2cc(Br)ccc21. The number of aromatic nitrogens is 2. The van der Waals surface area contributed by atoms with E-state index in [0.717, 1.165) is 15.5 Å². The van der Waals surface area contributed by atoms with E-state index >= 15 is 0 Å². The number of methoxy groups -OCH3 is 1. The minimum absolute atomic E-state index is 0.269. The molecule has 1 aromatic carbocycles. The third-order valence-corrected chi connectivity index (χ3v) is 3.32. The number of hydrogen-bond donors (Lipinski definition) is 1. The maximum Gasteiger partial charge on any atom is 0.201 e. The molecule has 0 radical (unpaired) electrons. The van der Waals surface area contributed by atoms with Gasteiger partial charge in [-0.3, -0.25) is 0 Å². The minimum atomic E-state index is -0.269. The molecule has 0 spiro atoms.